The minimum absolute atomic E-state index is 0.482. The molecule has 4 nitrogen and oxygen atoms in total. The third kappa shape index (κ3) is 2.69. The number of hydrogen-bond donors (Lipinski definition) is 0. The Hall–Kier alpha value is -1.66. The zero-order valence-corrected chi connectivity index (χ0v) is 6.08. The molecule has 1 rings (SSSR count). The van der Waals surface area contributed by atoms with E-state index in [9.17, 15) is 18.0 Å². The van der Waals surface area contributed by atoms with Gasteiger partial charge in [-0.25, -0.2) is 9.78 Å². The first-order valence-corrected chi connectivity index (χ1v) is 3.05. The summed E-state index contributed by atoms with van der Waals surface area (Å²) < 4.78 is 38.7. The molecule has 0 aliphatic carbocycles. The van der Waals surface area contributed by atoms with Gasteiger partial charge in [-0.05, 0) is 0 Å². The lowest BCUT2D eigenvalue weighted by molar-refractivity contribution is -0.190. The van der Waals surface area contributed by atoms with E-state index >= 15 is 0 Å². The van der Waals surface area contributed by atoms with Gasteiger partial charge in [0.2, 0.25) is 5.88 Å². The molecular weight excluding hydrogens is 189 g/mol. The first-order chi connectivity index (χ1) is 6.00. The highest BCUT2D eigenvalue weighted by molar-refractivity contribution is 5.77. The number of aromatic nitrogens is 2. The second-order valence-electron chi connectivity index (χ2n) is 1.93. The number of esters is 1. The molecule has 0 saturated heterocycles. The quantitative estimate of drug-likeness (QED) is 0.621. The summed E-state index contributed by atoms with van der Waals surface area (Å²) in [6.45, 7) is 0. The van der Waals surface area contributed by atoms with Crippen LogP contribution in [0.1, 0.15) is 0 Å². The fourth-order valence-corrected chi connectivity index (χ4v) is 0.491. The van der Waals surface area contributed by atoms with E-state index in [0.29, 0.717) is 0 Å². The standard InChI is InChI=1S/C6H3F3N2O2/c7-6(8,9)5(12)13-4-3-10-1-2-11-4/h1-3H. The van der Waals surface area contributed by atoms with Gasteiger partial charge in [-0.1, -0.05) is 0 Å². The molecule has 0 atom stereocenters. The molecule has 0 radical (unpaired) electrons. The van der Waals surface area contributed by atoms with Crippen LogP contribution in [0, 0.1) is 0 Å². The number of carbonyl (C=O) groups excluding carboxylic acids is 1. The number of ether oxygens (including phenoxy) is 1. The molecule has 1 aromatic rings. The lowest BCUT2D eigenvalue weighted by atomic mass is 10.6. The maximum absolute atomic E-state index is 11.6. The summed E-state index contributed by atoms with van der Waals surface area (Å²) in [6, 6.07) is 0. The summed E-state index contributed by atoms with van der Waals surface area (Å²) in [7, 11) is 0. The molecule has 70 valence electrons. The highest BCUT2D eigenvalue weighted by atomic mass is 19.4. The summed E-state index contributed by atoms with van der Waals surface area (Å²) in [5.74, 6) is -2.79. The normalized spacial score (nSPS) is 11.0. The van der Waals surface area contributed by atoms with Gasteiger partial charge in [-0.2, -0.15) is 13.2 Å². The van der Waals surface area contributed by atoms with Gasteiger partial charge in [-0.15, -0.1) is 0 Å². The zero-order valence-electron chi connectivity index (χ0n) is 6.08. The summed E-state index contributed by atoms with van der Waals surface area (Å²) in [6.07, 6.45) is -1.76. The Morgan fingerprint density at radius 1 is 1.38 bits per heavy atom. The molecule has 1 heterocycles. The number of halogens is 3. The molecule has 0 bridgehead atoms. The van der Waals surface area contributed by atoms with Gasteiger partial charge < -0.3 is 4.74 Å². The second-order valence-corrected chi connectivity index (χ2v) is 1.93. The van der Waals surface area contributed by atoms with Crippen LogP contribution in [-0.2, 0) is 4.79 Å². The van der Waals surface area contributed by atoms with Crippen molar-refractivity contribution in [2.24, 2.45) is 0 Å². The van der Waals surface area contributed by atoms with Gasteiger partial charge in [0.05, 0.1) is 6.20 Å². The van der Waals surface area contributed by atoms with Crippen molar-refractivity contribution in [3.63, 3.8) is 0 Å². The topological polar surface area (TPSA) is 52.1 Å². The van der Waals surface area contributed by atoms with Crippen molar-refractivity contribution in [3.05, 3.63) is 18.6 Å². The molecule has 0 aliphatic rings. The fraction of sp³-hybridized carbons (Fsp3) is 0.167. The molecule has 0 unspecified atom stereocenters. The van der Waals surface area contributed by atoms with Gasteiger partial charge in [0.25, 0.3) is 0 Å². The minimum Gasteiger partial charge on any atom is -0.399 e. The van der Waals surface area contributed by atoms with E-state index < -0.39 is 18.0 Å². The molecular formula is C6H3F3N2O2. The third-order valence-corrected chi connectivity index (χ3v) is 0.968. The first-order valence-electron chi connectivity index (χ1n) is 3.05. The molecule has 0 aromatic carbocycles. The van der Waals surface area contributed by atoms with Crippen LogP contribution in [0.4, 0.5) is 13.2 Å². The van der Waals surface area contributed by atoms with Crippen LogP contribution in [0.25, 0.3) is 0 Å². The van der Waals surface area contributed by atoms with Crippen molar-refractivity contribution in [2.45, 2.75) is 6.18 Å². The number of rotatable bonds is 1. The molecule has 7 heteroatoms. The van der Waals surface area contributed by atoms with E-state index in [0.717, 1.165) is 12.4 Å². The van der Waals surface area contributed by atoms with Crippen LogP contribution >= 0.6 is 0 Å². The second kappa shape index (κ2) is 3.38. The Morgan fingerprint density at radius 3 is 2.54 bits per heavy atom. The Bertz CT molecular complexity index is 298. The predicted molar refractivity (Wildman–Crippen MR) is 33.7 cm³/mol. The van der Waals surface area contributed by atoms with Crippen LogP contribution in [0.2, 0.25) is 0 Å². The van der Waals surface area contributed by atoms with E-state index in [4.69, 9.17) is 0 Å². The van der Waals surface area contributed by atoms with Gasteiger partial charge in [-0.3, -0.25) is 4.98 Å². The van der Waals surface area contributed by atoms with Gasteiger partial charge >= 0.3 is 12.1 Å². The van der Waals surface area contributed by atoms with E-state index in [-0.39, 0.29) is 0 Å². The van der Waals surface area contributed by atoms with Crippen LogP contribution in [0.3, 0.4) is 0 Å². The van der Waals surface area contributed by atoms with E-state index in [1.807, 2.05) is 0 Å². The van der Waals surface area contributed by atoms with Crippen molar-refractivity contribution in [2.75, 3.05) is 0 Å². The van der Waals surface area contributed by atoms with Crippen molar-refractivity contribution >= 4 is 5.97 Å². The highest BCUT2D eigenvalue weighted by Gasteiger charge is 2.41. The Labute approximate surface area is 70.4 Å². The number of carbonyl (C=O) groups is 1. The molecule has 0 aliphatic heterocycles. The Kier molecular flexibility index (Phi) is 2.45. The maximum atomic E-state index is 11.6. The SMILES string of the molecule is O=C(Oc1cnccn1)C(F)(F)F. The summed E-state index contributed by atoms with van der Waals surface area (Å²) in [4.78, 5) is 17.0. The molecule has 1 aromatic heterocycles. The molecule has 13 heavy (non-hydrogen) atoms. The van der Waals surface area contributed by atoms with E-state index in [2.05, 4.69) is 14.7 Å². The lowest BCUT2D eigenvalue weighted by Crippen LogP contribution is -2.28. The van der Waals surface area contributed by atoms with Gasteiger partial charge in [0, 0.05) is 12.4 Å². The number of alkyl halides is 3. The van der Waals surface area contributed by atoms with Crippen molar-refractivity contribution in [1.29, 1.82) is 0 Å². The Balaban J connectivity index is 2.66. The average molecular weight is 192 g/mol. The van der Waals surface area contributed by atoms with Crippen LogP contribution in [-0.4, -0.2) is 22.1 Å². The van der Waals surface area contributed by atoms with Crippen molar-refractivity contribution in [3.8, 4) is 5.88 Å². The van der Waals surface area contributed by atoms with Crippen LogP contribution in [0.15, 0.2) is 18.6 Å². The van der Waals surface area contributed by atoms with Crippen molar-refractivity contribution < 1.29 is 22.7 Å². The van der Waals surface area contributed by atoms with Gasteiger partial charge in [0.1, 0.15) is 0 Å². The average Bonchev–Trinajstić information content (AvgIpc) is 2.04. The van der Waals surface area contributed by atoms with Gasteiger partial charge in [0.15, 0.2) is 0 Å². The molecule has 0 N–H and O–H groups in total. The predicted octanol–water partition coefficient (Wildman–Crippen LogP) is 0.944. The summed E-state index contributed by atoms with van der Waals surface area (Å²) in [5.41, 5.74) is 0. The number of hydrogen-bond acceptors (Lipinski definition) is 4. The van der Waals surface area contributed by atoms with E-state index in [1.165, 1.54) is 6.20 Å². The van der Waals surface area contributed by atoms with E-state index in [1.54, 1.807) is 0 Å². The summed E-state index contributed by atoms with van der Waals surface area (Å²) in [5, 5.41) is 0. The zero-order chi connectivity index (χ0) is 9.90. The third-order valence-electron chi connectivity index (χ3n) is 0.968. The lowest BCUT2D eigenvalue weighted by Gasteiger charge is -2.04. The smallest absolute Gasteiger partial charge is 0.399 e. The minimum atomic E-state index is -5.02. The molecule has 0 amide bonds. The maximum Gasteiger partial charge on any atom is 0.491 e. The monoisotopic (exact) mass is 192 g/mol. The number of nitrogens with zero attached hydrogens (tertiary/aromatic N) is 2. The molecule has 0 saturated carbocycles. The summed E-state index contributed by atoms with van der Waals surface area (Å²) >= 11 is 0. The Morgan fingerprint density at radius 2 is 2.08 bits per heavy atom. The van der Waals surface area contributed by atoms with Crippen LogP contribution < -0.4 is 4.74 Å². The first kappa shape index (κ1) is 9.43. The highest BCUT2D eigenvalue weighted by Crippen LogP contribution is 2.17. The van der Waals surface area contributed by atoms with Crippen LogP contribution in [0.5, 0.6) is 5.88 Å². The fourth-order valence-electron chi connectivity index (χ4n) is 0.491. The largest absolute Gasteiger partial charge is 0.491 e. The molecule has 0 spiro atoms. The van der Waals surface area contributed by atoms with Crippen molar-refractivity contribution in [1.82, 2.24) is 9.97 Å². The molecule has 0 fully saturated rings.